The number of ether oxygens (including phenoxy) is 1. The minimum absolute atomic E-state index is 0.187. The van der Waals surface area contributed by atoms with Crippen LogP contribution < -0.4 is 0 Å². The molecule has 1 amide bonds. The summed E-state index contributed by atoms with van der Waals surface area (Å²) in [5, 5.41) is 1.34. The molecule has 0 unspecified atom stereocenters. The molecule has 0 atom stereocenters. The molecule has 1 aliphatic heterocycles. The molecular formula is C27H27Cl2FN2O3. The average Bonchev–Trinajstić information content (AvgIpc) is 3.66. The highest BCUT2D eigenvalue weighted by molar-refractivity contribution is 6.38. The van der Waals surface area contributed by atoms with Gasteiger partial charge in [0.25, 0.3) is 5.91 Å². The summed E-state index contributed by atoms with van der Waals surface area (Å²) < 4.78 is 21.7. The molecule has 2 aromatic carbocycles. The Kier molecular flexibility index (Phi) is 6.53. The average molecular weight is 517 g/mol. The number of aromatic nitrogens is 1. The number of carbonyl (C=O) groups is 2. The maximum atomic E-state index is 14.9. The second-order valence-electron chi connectivity index (χ2n) is 9.56. The van der Waals surface area contributed by atoms with Crippen molar-refractivity contribution < 1.29 is 18.7 Å². The summed E-state index contributed by atoms with van der Waals surface area (Å²) in [4.78, 5) is 26.8. The molecule has 0 bridgehead atoms. The Morgan fingerprint density at radius 2 is 1.80 bits per heavy atom. The highest BCUT2D eigenvalue weighted by Crippen LogP contribution is 2.42. The molecule has 5 rings (SSSR count). The summed E-state index contributed by atoms with van der Waals surface area (Å²) in [5.41, 5.74) is 3.76. The lowest BCUT2D eigenvalue weighted by Gasteiger charge is -2.31. The molecule has 0 N–H and O–H groups in total. The van der Waals surface area contributed by atoms with E-state index in [1.54, 1.807) is 23.1 Å². The molecule has 35 heavy (non-hydrogen) atoms. The van der Waals surface area contributed by atoms with Crippen LogP contribution in [0.25, 0.3) is 10.9 Å². The Morgan fingerprint density at radius 3 is 2.46 bits per heavy atom. The molecule has 2 heterocycles. The molecule has 3 aromatic rings. The molecule has 1 saturated carbocycles. The van der Waals surface area contributed by atoms with Gasteiger partial charge < -0.3 is 14.2 Å². The molecule has 1 aliphatic carbocycles. The fraction of sp³-hybridized carbons (Fsp3) is 0.407. The Balaban J connectivity index is 1.41. The Morgan fingerprint density at radius 1 is 1.09 bits per heavy atom. The third kappa shape index (κ3) is 4.54. The van der Waals surface area contributed by atoms with Crippen LogP contribution in [-0.2, 0) is 23.0 Å². The lowest BCUT2D eigenvalue weighted by atomic mass is 9.96. The van der Waals surface area contributed by atoms with Gasteiger partial charge in [-0.3, -0.25) is 9.59 Å². The number of rotatable bonds is 5. The highest BCUT2D eigenvalue weighted by atomic mass is 35.5. The van der Waals surface area contributed by atoms with Gasteiger partial charge in [0, 0.05) is 42.7 Å². The van der Waals surface area contributed by atoms with Crippen LogP contribution >= 0.6 is 23.2 Å². The van der Waals surface area contributed by atoms with Crippen LogP contribution in [0.1, 0.15) is 58.8 Å². The lowest BCUT2D eigenvalue weighted by Crippen LogP contribution is -2.40. The van der Waals surface area contributed by atoms with E-state index in [4.69, 9.17) is 27.9 Å². The van der Waals surface area contributed by atoms with Gasteiger partial charge in [-0.2, -0.15) is 0 Å². The first-order valence-corrected chi connectivity index (χ1v) is 12.7. The van der Waals surface area contributed by atoms with E-state index in [-0.39, 0.29) is 23.6 Å². The van der Waals surface area contributed by atoms with Gasteiger partial charge in [-0.15, -0.1) is 0 Å². The molecule has 2 fully saturated rings. The van der Waals surface area contributed by atoms with Crippen LogP contribution in [-0.4, -0.2) is 41.5 Å². The van der Waals surface area contributed by atoms with Crippen LogP contribution in [0.5, 0.6) is 0 Å². The van der Waals surface area contributed by atoms with Gasteiger partial charge in [-0.25, -0.2) is 4.39 Å². The van der Waals surface area contributed by atoms with E-state index in [0.29, 0.717) is 64.8 Å². The minimum Gasteiger partial charge on any atom is -0.469 e. The van der Waals surface area contributed by atoms with Gasteiger partial charge in [0.1, 0.15) is 5.82 Å². The summed E-state index contributed by atoms with van der Waals surface area (Å²) in [5.74, 6) is -0.375. The number of aryl methyl sites for hydroxylation is 1. The number of esters is 1. The van der Waals surface area contributed by atoms with Crippen molar-refractivity contribution in [3.63, 3.8) is 0 Å². The third-order valence-electron chi connectivity index (χ3n) is 7.37. The van der Waals surface area contributed by atoms with E-state index in [1.165, 1.54) is 7.11 Å². The largest absolute Gasteiger partial charge is 0.469 e. The van der Waals surface area contributed by atoms with Crippen molar-refractivity contribution in [2.24, 2.45) is 13.0 Å². The zero-order valence-electron chi connectivity index (χ0n) is 19.7. The summed E-state index contributed by atoms with van der Waals surface area (Å²) >= 11 is 13.3. The summed E-state index contributed by atoms with van der Waals surface area (Å²) in [7, 11) is 3.29. The van der Waals surface area contributed by atoms with E-state index >= 15 is 0 Å². The number of piperidine rings is 1. The topological polar surface area (TPSA) is 51.5 Å². The molecule has 0 spiro atoms. The first kappa shape index (κ1) is 24.1. The summed E-state index contributed by atoms with van der Waals surface area (Å²) in [6, 6.07) is 8.88. The third-order valence-corrected chi connectivity index (χ3v) is 8.16. The molecule has 8 heteroatoms. The molecule has 1 saturated heterocycles. The van der Waals surface area contributed by atoms with Gasteiger partial charge in [0.2, 0.25) is 0 Å². The second kappa shape index (κ2) is 9.47. The fourth-order valence-electron chi connectivity index (χ4n) is 5.05. The number of halogens is 3. The summed E-state index contributed by atoms with van der Waals surface area (Å²) in [6.07, 6.45) is 3.69. The van der Waals surface area contributed by atoms with Crippen molar-refractivity contribution in [3.8, 4) is 0 Å². The number of likely N-dealkylation sites (tertiary alicyclic amines) is 1. The predicted molar refractivity (Wildman–Crippen MR) is 135 cm³/mol. The van der Waals surface area contributed by atoms with Crippen LogP contribution in [0.3, 0.4) is 0 Å². The zero-order chi connectivity index (χ0) is 24.9. The van der Waals surface area contributed by atoms with Crippen molar-refractivity contribution in [1.82, 2.24) is 9.47 Å². The number of benzene rings is 2. The normalized spacial score (nSPS) is 16.7. The number of carbonyl (C=O) groups excluding carboxylic acids is 2. The SMILES string of the molecule is COC(=O)C1CCN(C(=O)c2ccc(Cl)c(Cc3cc4c(F)cc(C5CC5)cc4n3C)c2Cl)CC1. The number of fused-ring (bicyclic) bond motifs is 1. The highest BCUT2D eigenvalue weighted by Gasteiger charge is 2.30. The maximum Gasteiger partial charge on any atom is 0.308 e. The van der Waals surface area contributed by atoms with Crippen LogP contribution in [0.4, 0.5) is 4.39 Å². The van der Waals surface area contributed by atoms with Crippen LogP contribution in [0.15, 0.2) is 30.3 Å². The maximum absolute atomic E-state index is 14.9. The van der Waals surface area contributed by atoms with Gasteiger partial charge in [-0.05, 0) is 73.1 Å². The number of amides is 1. The molecular weight excluding hydrogens is 490 g/mol. The van der Waals surface area contributed by atoms with Crippen molar-refractivity contribution in [1.29, 1.82) is 0 Å². The summed E-state index contributed by atoms with van der Waals surface area (Å²) in [6.45, 7) is 0.914. The molecule has 2 aliphatic rings. The number of methoxy groups -OCH3 is 1. The van der Waals surface area contributed by atoms with Gasteiger partial charge in [0.05, 0.1) is 29.1 Å². The van der Waals surface area contributed by atoms with Crippen LogP contribution in [0.2, 0.25) is 10.0 Å². The van der Waals surface area contributed by atoms with E-state index in [2.05, 4.69) is 6.07 Å². The Labute approximate surface area is 213 Å². The van der Waals surface area contributed by atoms with E-state index in [1.807, 2.05) is 17.7 Å². The quantitative estimate of drug-likeness (QED) is 0.384. The predicted octanol–water partition coefficient (Wildman–Crippen LogP) is 6.12. The standard InChI is InChI=1S/C27H27Cl2FN2O3/c1-31-18(14-21-23(30)11-17(12-24(21)31)15-3-4-15)13-20-22(28)6-5-19(25(20)29)26(33)32-9-7-16(8-10-32)27(34)35-2/h5-6,11-12,14-16H,3-4,7-10,13H2,1-2H3. The Bertz CT molecular complexity index is 1320. The lowest BCUT2D eigenvalue weighted by molar-refractivity contribution is -0.146. The molecule has 5 nitrogen and oxygen atoms in total. The van der Waals surface area contributed by atoms with E-state index in [9.17, 15) is 14.0 Å². The van der Waals surface area contributed by atoms with Crippen LogP contribution in [0, 0.1) is 11.7 Å². The van der Waals surface area contributed by atoms with Gasteiger partial charge >= 0.3 is 5.97 Å². The van der Waals surface area contributed by atoms with Gasteiger partial charge in [-0.1, -0.05) is 23.2 Å². The molecule has 184 valence electrons. The first-order chi connectivity index (χ1) is 16.8. The molecule has 0 radical (unpaired) electrons. The fourth-order valence-corrected chi connectivity index (χ4v) is 5.63. The van der Waals surface area contributed by atoms with E-state index < -0.39 is 0 Å². The Hall–Kier alpha value is -2.57. The zero-order valence-corrected chi connectivity index (χ0v) is 21.3. The number of hydrogen-bond donors (Lipinski definition) is 0. The second-order valence-corrected chi connectivity index (χ2v) is 10.3. The number of hydrogen-bond acceptors (Lipinski definition) is 3. The molecule has 1 aromatic heterocycles. The van der Waals surface area contributed by atoms with Crippen molar-refractivity contribution >= 4 is 46.0 Å². The van der Waals surface area contributed by atoms with Crippen molar-refractivity contribution in [2.75, 3.05) is 20.2 Å². The minimum atomic E-state index is -0.237. The smallest absolute Gasteiger partial charge is 0.308 e. The first-order valence-electron chi connectivity index (χ1n) is 11.9. The van der Waals surface area contributed by atoms with Crippen molar-refractivity contribution in [3.05, 3.63) is 68.6 Å². The number of nitrogens with zero attached hydrogens (tertiary/aromatic N) is 2. The monoisotopic (exact) mass is 516 g/mol. The van der Waals surface area contributed by atoms with E-state index in [0.717, 1.165) is 29.6 Å². The van der Waals surface area contributed by atoms with Gasteiger partial charge in [0.15, 0.2) is 0 Å². The van der Waals surface area contributed by atoms with Crippen molar-refractivity contribution in [2.45, 2.75) is 38.0 Å².